The third kappa shape index (κ3) is 1.70. The highest BCUT2D eigenvalue weighted by Gasteiger charge is 2.38. The lowest BCUT2D eigenvalue weighted by Gasteiger charge is -2.42. The molecule has 0 aromatic rings. The molecule has 0 aromatic heterocycles. The third-order valence-corrected chi connectivity index (χ3v) is 2.37. The van der Waals surface area contributed by atoms with Crippen molar-refractivity contribution in [2.45, 2.75) is 32.3 Å². The van der Waals surface area contributed by atoms with Crippen molar-refractivity contribution in [3.8, 4) is 0 Å². The number of methoxy groups -OCH3 is 1. The summed E-state index contributed by atoms with van der Waals surface area (Å²) in [5.74, 6) is 0. The predicted molar refractivity (Wildman–Crippen MR) is 39.8 cm³/mol. The van der Waals surface area contributed by atoms with E-state index in [1.165, 1.54) is 0 Å². The van der Waals surface area contributed by atoms with E-state index in [2.05, 4.69) is 6.92 Å². The molecule has 0 spiro atoms. The van der Waals surface area contributed by atoms with Crippen LogP contribution < -0.4 is 0 Å². The van der Waals surface area contributed by atoms with Crippen LogP contribution in [0.4, 0.5) is 0 Å². The molecule has 0 bridgehead atoms. The van der Waals surface area contributed by atoms with Gasteiger partial charge in [0.15, 0.2) is 0 Å². The summed E-state index contributed by atoms with van der Waals surface area (Å²) in [6.45, 7) is 3.03. The van der Waals surface area contributed by atoms with Crippen LogP contribution in [0, 0.1) is 5.41 Å². The van der Waals surface area contributed by atoms with Gasteiger partial charge in [-0.25, -0.2) is 0 Å². The Labute approximate surface area is 62.2 Å². The Morgan fingerprint density at radius 2 is 2.20 bits per heavy atom. The number of aliphatic hydroxyl groups excluding tert-OH is 1. The Morgan fingerprint density at radius 1 is 1.60 bits per heavy atom. The van der Waals surface area contributed by atoms with Gasteiger partial charge in [0.25, 0.3) is 0 Å². The fourth-order valence-electron chi connectivity index (χ4n) is 1.63. The maximum atomic E-state index is 9.04. The van der Waals surface area contributed by atoms with E-state index in [1.54, 1.807) is 7.11 Å². The van der Waals surface area contributed by atoms with Crippen molar-refractivity contribution in [2.75, 3.05) is 13.7 Å². The predicted octanol–water partition coefficient (Wildman–Crippen LogP) is 1.18. The van der Waals surface area contributed by atoms with Crippen molar-refractivity contribution >= 4 is 0 Å². The van der Waals surface area contributed by atoms with Crippen LogP contribution in [0.3, 0.4) is 0 Å². The lowest BCUT2D eigenvalue weighted by Crippen LogP contribution is -2.39. The summed E-state index contributed by atoms with van der Waals surface area (Å²) in [4.78, 5) is 0. The molecule has 1 fully saturated rings. The Morgan fingerprint density at radius 3 is 2.60 bits per heavy atom. The van der Waals surface area contributed by atoms with Gasteiger partial charge in [-0.05, 0) is 24.7 Å². The molecule has 0 aliphatic heterocycles. The van der Waals surface area contributed by atoms with Crippen LogP contribution in [0.2, 0.25) is 0 Å². The summed E-state index contributed by atoms with van der Waals surface area (Å²) in [5.41, 5.74) is 0.370. The van der Waals surface area contributed by atoms with Gasteiger partial charge in [0.2, 0.25) is 0 Å². The van der Waals surface area contributed by atoms with E-state index in [1.807, 2.05) is 0 Å². The Bertz CT molecular complexity index is 106. The summed E-state index contributed by atoms with van der Waals surface area (Å²) in [7, 11) is 1.72. The molecule has 60 valence electrons. The van der Waals surface area contributed by atoms with E-state index in [0.717, 1.165) is 25.9 Å². The molecule has 0 saturated heterocycles. The van der Waals surface area contributed by atoms with Crippen LogP contribution >= 0.6 is 0 Å². The van der Waals surface area contributed by atoms with Gasteiger partial charge in [-0.15, -0.1) is 0 Å². The minimum Gasteiger partial charge on any atom is -0.393 e. The van der Waals surface area contributed by atoms with Gasteiger partial charge in [-0.2, -0.15) is 0 Å². The third-order valence-electron chi connectivity index (χ3n) is 2.37. The molecule has 1 aliphatic rings. The summed E-state index contributed by atoms with van der Waals surface area (Å²) < 4.78 is 4.97. The second-order valence-electron chi connectivity index (χ2n) is 3.62. The van der Waals surface area contributed by atoms with Gasteiger partial charge in [-0.3, -0.25) is 0 Å². The fraction of sp³-hybridized carbons (Fsp3) is 1.00. The number of hydrogen-bond acceptors (Lipinski definition) is 2. The molecule has 1 rings (SSSR count). The summed E-state index contributed by atoms with van der Waals surface area (Å²) in [6, 6.07) is 0. The van der Waals surface area contributed by atoms with E-state index in [9.17, 15) is 0 Å². The second kappa shape index (κ2) is 2.89. The monoisotopic (exact) mass is 144 g/mol. The molecule has 1 N–H and O–H groups in total. The molecule has 1 saturated carbocycles. The zero-order valence-corrected chi connectivity index (χ0v) is 6.76. The van der Waals surface area contributed by atoms with Crippen molar-refractivity contribution in [3.63, 3.8) is 0 Å². The maximum Gasteiger partial charge on any atom is 0.0550 e. The normalized spacial score (nSPS) is 39.3. The van der Waals surface area contributed by atoms with Crippen LogP contribution in [-0.4, -0.2) is 24.9 Å². The summed E-state index contributed by atoms with van der Waals surface area (Å²) >= 11 is 0. The first-order valence-electron chi connectivity index (χ1n) is 3.83. The van der Waals surface area contributed by atoms with Crippen LogP contribution in [0.5, 0.6) is 0 Å². The Hall–Kier alpha value is -0.0800. The van der Waals surface area contributed by atoms with Crippen molar-refractivity contribution < 1.29 is 9.84 Å². The van der Waals surface area contributed by atoms with E-state index in [0.29, 0.717) is 5.41 Å². The highest BCUT2D eigenvalue weighted by Crippen LogP contribution is 2.43. The van der Waals surface area contributed by atoms with Gasteiger partial charge in [0.05, 0.1) is 6.10 Å². The molecule has 0 heterocycles. The highest BCUT2D eigenvalue weighted by molar-refractivity contribution is 4.89. The first-order valence-corrected chi connectivity index (χ1v) is 3.83. The number of hydrogen-bond donors (Lipinski definition) is 1. The van der Waals surface area contributed by atoms with Crippen molar-refractivity contribution in [2.24, 2.45) is 5.41 Å². The second-order valence-corrected chi connectivity index (χ2v) is 3.62. The molecule has 0 radical (unpaired) electrons. The molecule has 0 amide bonds. The van der Waals surface area contributed by atoms with Crippen LogP contribution in [0.1, 0.15) is 26.2 Å². The fourth-order valence-corrected chi connectivity index (χ4v) is 1.63. The lowest BCUT2D eigenvalue weighted by atomic mass is 9.66. The van der Waals surface area contributed by atoms with Crippen LogP contribution in [0.15, 0.2) is 0 Å². The molecule has 0 aromatic carbocycles. The zero-order chi connectivity index (χ0) is 7.61. The summed E-state index contributed by atoms with van der Waals surface area (Å²) in [6.07, 6.45) is 2.95. The van der Waals surface area contributed by atoms with Gasteiger partial charge in [-0.1, -0.05) is 6.92 Å². The molecular formula is C8H16O2. The standard InChI is InChI=1S/C8H16O2/c1-8(3-4-10-2)5-7(9)6-8/h7,9H,3-6H2,1-2H3. The number of rotatable bonds is 3. The Kier molecular flexibility index (Phi) is 2.32. The molecule has 2 nitrogen and oxygen atoms in total. The molecule has 2 heteroatoms. The van der Waals surface area contributed by atoms with Gasteiger partial charge < -0.3 is 9.84 Å². The van der Waals surface area contributed by atoms with Gasteiger partial charge in [0.1, 0.15) is 0 Å². The minimum atomic E-state index is -0.0399. The highest BCUT2D eigenvalue weighted by atomic mass is 16.5. The maximum absolute atomic E-state index is 9.04. The number of ether oxygens (including phenoxy) is 1. The van der Waals surface area contributed by atoms with E-state index in [4.69, 9.17) is 9.84 Å². The number of aliphatic hydroxyl groups is 1. The lowest BCUT2D eigenvalue weighted by molar-refractivity contribution is -0.0363. The van der Waals surface area contributed by atoms with Crippen LogP contribution in [0.25, 0.3) is 0 Å². The van der Waals surface area contributed by atoms with Crippen molar-refractivity contribution in [3.05, 3.63) is 0 Å². The summed E-state index contributed by atoms with van der Waals surface area (Å²) in [5, 5.41) is 9.04. The molecular weight excluding hydrogens is 128 g/mol. The average Bonchev–Trinajstić information content (AvgIpc) is 1.81. The Balaban J connectivity index is 2.15. The van der Waals surface area contributed by atoms with Crippen molar-refractivity contribution in [1.29, 1.82) is 0 Å². The van der Waals surface area contributed by atoms with Crippen LogP contribution in [-0.2, 0) is 4.74 Å². The molecule has 1 aliphatic carbocycles. The van der Waals surface area contributed by atoms with E-state index >= 15 is 0 Å². The minimum absolute atomic E-state index is 0.0399. The van der Waals surface area contributed by atoms with Gasteiger partial charge >= 0.3 is 0 Å². The first kappa shape index (κ1) is 8.02. The smallest absolute Gasteiger partial charge is 0.0550 e. The SMILES string of the molecule is COCCC1(C)CC(O)C1. The topological polar surface area (TPSA) is 29.5 Å². The quantitative estimate of drug-likeness (QED) is 0.644. The molecule has 0 unspecified atom stereocenters. The van der Waals surface area contributed by atoms with Gasteiger partial charge in [0, 0.05) is 13.7 Å². The van der Waals surface area contributed by atoms with E-state index in [-0.39, 0.29) is 6.10 Å². The average molecular weight is 144 g/mol. The molecule has 10 heavy (non-hydrogen) atoms. The zero-order valence-electron chi connectivity index (χ0n) is 6.76. The van der Waals surface area contributed by atoms with Crippen molar-refractivity contribution in [1.82, 2.24) is 0 Å². The first-order chi connectivity index (χ1) is 4.66. The largest absolute Gasteiger partial charge is 0.393 e. The van der Waals surface area contributed by atoms with E-state index < -0.39 is 0 Å². The molecule has 0 atom stereocenters.